The topological polar surface area (TPSA) is 24.9 Å². The lowest BCUT2D eigenvalue weighted by molar-refractivity contribution is 0.473. The number of aryl methyl sites for hydroxylation is 1. The Labute approximate surface area is 97.1 Å². The molecule has 0 saturated carbocycles. The average molecular weight is 226 g/mol. The number of nitrogens with one attached hydrogen (secondary N) is 1. The molecule has 0 aliphatic rings. The lowest BCUT2D eigenvalue weighted by Gasteiger charge is -2.12. The minimum absolute atomic E-state index is 0.675. The van der Waals surface area contributed by atoms with Crippen molar-refractivity contribution >= 4 is 11.3 Å². The predicted molar refractivity (Wildman–Crippen MR) is 67.4 cm³/mol. The molecule has 86 valence electrons. The van der Waals surface area contributed by atoms with Gasteiger partial charge in [-0.1, -0.05) is 20.8 Å². The van der Waals surface area contributed by atoms with E-state index in [-0.39, 0.29) is 0 Å². The van der Waals surface area contributed by atoms with Gasteiger partial charge in [-0.3, -0.25) is 0 Å². The maximum atomic E-state index is 4.48. The van der Waals surface area contributed by atoms with Crippen molar-refractivity contribution in [2.75, 3.05) is 13.1 Å². The van der Waals surface area contributed by atoms with Crippen LogP contribution >= 0.6 is 11.3 Å². The van der Waals surface area contributed by atoms with E-state index in [9.17, 15) is 0 Å². The van der Waals surface area contributed by atoms with Gasteiger partial charge in [0.1, 0.15) is 0 Å². The van der Waals surface area contributed by atoms with Crippen molar-refractivity contribution in [1.29, 1.82) is 0 Å². The normalized spacial score (nSPS) is 13.4. The van der Waals surface area contributed by atoms with E-state index < -0.39 is 0 Å². The summed E-state index contributed by atoms with van der Waals surface area (Å²) < 4.78 is 0. The molecule has 1 heterocycles. The highest BCUT2D eigenvalue weighted by Gasteiger charge is 2.06. The highest BCUT2D eigenvalue weighted by molar-refractivity contribution is 7.09. The standard InChI is InChI=1S/C12H22N2S/c1-9(2)6-13-7-10(3)5-12-14-11(4)8-15-12/h8-10,13H,5-7H2,1-4H3. The molecule has 1 N–H and O–H groups in total. The third-order valence-corrected chi connectivity index (χ3v) is 3.22. The molecule has 0 radical (unpaired) electrons. The molecule has 1 aromatic rings. The Hall–Kier alpha value is -0.410. The van der Waals surface area contributed by atoms with Crippen LogP contribution in [0.1, 0.15) is 31.5 Å². The van der Waals surface area contributed by atoms with E-state index in [0.29, 0.717) is 5.92 Å². The van der Waals surface area contributed by atoms with Gasteiger partial charge in [-0.05, 0) is 31.8 Å². The van der Waals surface area contributed by atoms with E-state index in [2.05, 4.69) is 43.4 Å². The second-order valence-corrected chi connectivity index (χ2v) is 5.69. The highest BCUT2D eigenvalue weighted by Crippen LogP contribution is 2.13. The molecule has 0 fully saturated rings. The molecule has 0 bridgehead atoms. The van der Waals surface area contributed by atoms with Gasteiger partial charge in [0.25, 0.3) is 0 Å². The quantitative estimate of drug-likeness (QED) is 0.807. The maximum Gasteiger partial charge on any atom is 0.0931 e. The van der Waals surface area contributed by atoms with Crippen LogP contribution in [0.4, 0.5) is 0 Å². The number of hydrogen-bond acceptors (Lipinski definition) is 3. The van der Waals surface area contributed by atoms with Crippen molar-refractivity contribution in [3.63, 3.8) is 0 Å². The SMILES string of the molecule is Cc1csc(CC(C)CNCC(C)C)n1. The average Bonchev–Trinajstić information content (AvgIpc) is 2.50. The third kappa shape index (κ3) is 5.28. The first kappa shape index (κ1) is 12.7. The first-order valence-corrected chi connectivity index (χ1v) is 6.57. The molecular formula is C12H22N2S. The van der Waals surface area contributed by atoms with Crippen LogP contribution in [0.2, 0.25) is 0 Å². The van der Waals surface area contributed by atoms with E-state index in [0.717, 1.165) is 31.1 Å². The molecule has 1 aromatic heterocycles. The van der Waals surface area contributed by atoms with E-state index in [1.165, 1.54) is 5.01 Å². The number of hydrogen-bond donors (Lipinski definition) is 1. The summed E-state index contributed by atoms with van der Waals surface area (Å²) in [5, 5.41) is 6.89. The molecule has 1 atom stereocenters. The van der Waals surface area contributed by atoms with Gasteiger partial charge < -0.3 is 5.32 Å². The second-order valence-electron chi connectivity index (χ2n) is 4.74. The molecule has 1 unspecified atom stereocenters. The van der Waals surface area contributed by atoms with Crippen LogP contribution in [-0.2, 0) is 6.42 Å². The summed E-state index contributed by atoms with van der Waals surface area (Å²) in [5.41, 5.74) is 1.15. The number of thiazole rings is 1. The van der Waals surface area contributed by atoms with Gasteiger partial charge in [-0.25, -0.2) is 4.98 Å². The van der Waals surface area contributed by atoms with Crippen LogP contribution < -0.4 is 5.32 Å². The lowest BCUT2D eigenvalue weighted by atomic mass is 10.1. The Balaban J connectivity index is 2.21. The van der Waals surface area contributed by atoms with Crippen LogP contribution in [-0.4, -0.2) is 18.1 Å². The van der Waals surface area contributed by atoms with Crippen LogP contribution in [0.15, 0.2) is 5.38 Å². The predicted octanol–water partition coefficient (Wildman–Crippen LogP) is 2.88. The van der Waals surface area contributed by atoms with E-state index in [1.807, 2.05) is 0 Å². The Morgan fingerprint density at radius 2 is 2.07 bits per heavy atom. The number of rotatable bonds is 6. The van der Waals surface area contributed by atoms with Crippen LogP contribution in [0.5, 0.6) is 0 Å². The molecular weight excluding hydrogens is 204 g/mol. The largest absolute Gasteiger partial charge is 0.316 e. The first-order valence-electron chi connectivity index (χ1n) is 5.69. The van der Waals surface area contributed by atoms with Crippen molar-refractivity contribution in [2.45, 2.75) is 34.1 Å². The van der Waals surface area contributed by atoms with Gasteiger partial charge in [0.2, 0.25) is 0 Å². The monoisotopic (exact) mass is 226 g/mol. The number of nitrogens with zero attached hydrogens (tertiary/aromatic N) is 1. The summed E-state index contributed by atoms with van der Waals surface area (Å²) in [4.78, 5) is 4.48. The molecule has 0 aliphatic carbocycles. The lowest BCUT2D eigenvalue weighted by Crippen LogP contribution is -2.26. The highest BCUT2D eigenvalue weighted by atomic mass is 32.1. The van der Waals surface area contributed by atoms with Gasteiger partial charge in [0, 0.05) is 17.5 Å². The van der Waals surface area contributed by atoms with Gasteiger partial charge >= 0.3 is 0 Å². The van der Waals surface area contributed by atoms with Gasteiger partial charge in [-0.2, -0.15) is 0 Å². The molecule has 0 spiro atoms. The van der Waals surface area contributed by atoms with Crippen LogP contribution in [0.3, 0.4) is 0 Å². The van der Waals surface area contributed by atoms with E-state index in [1.54, 1.807) is 11.3 Å². The Kier molecular flexibility index (Phi) is 5.26. The van der Waals surface area contributed by atoms with E-state index >= 15 is 0 Å². The molecule has 0 aromatic carbocycles. The smallest absolute Gasteiger partial charge is 0.0931 e. The van der Waals surface area contributed by atoms with Crippen LogP contribution in [0.25, 0.3) is 0 Å². The summed E-state index contributed by atoms with van der Waals surface area (Å²) in [6.45, 7) is 11.0. The van der Waals surface area contributed by atoms with Crippen molar-refractivity contribution in [3.05, 3.63) is 16.1 Å². The first-order chi connectivity index (χ1) is 7.08. The van der Waals surface area contributed by atoms with Crippen molar-refractivity contribution in [3.8, 4) is 0 Å². The fourth-order valence-corrected chi connectivity index (χ4v) is 2.42. The maximum absolute atomic E-state index is 4.48. The fraction of sp³-hybridized carbons (Fsp3) is 0.750. The molecule has 0 aliphatic heterocycles. The van der Waals surface area contributed by atoms with Gasteiger partial charge in [0.15, 0.2) is 0 Å². The summed E-state index contributed by atoms with van der Waals surface area (Å²) in [5.74, 6) is 1.41. The van der Waals surface area contributed by atoms with Crippen molar-refractivity contribution in [2.24, 2.45) is 11.8 Å². The molecule has 0 saturated heterocycles. The minimum Gasteiger partial charge on any atom is -0.316 e. The summed E-state index contributed by atoms with van der Waals surface area (Å²) in [7, 11) is 0. The summed E-state index contributed by atoms with van der Waals surface area (Å²) in [6.07, 6.45) is 1.10. The van der Waals surface area contributed by atoms with Gasteiger partial charge in [-0.15, -0.1) is 11.3 Å². The zero-order valence-electron chi connectivity index (χ0n) is 10.2. The number of aromatic nitrogens is 1. The minimum atomic E-state index is 0.675. The Morgan fingerprint density at radius 1 is 1.33 bits per heavy atom. The molecule has 2 nitrogen and oxygen atoms in total. The van der Waals surface area contributed by atoms with Crippen molar-refractivity contribution < 1.29 is 0 Å². The zero-order valence-corrected chi connectivity index (χ0v) is 11.0. The molecule has 3 heteroatoms. The van der Waals surface area contributed by atoms with E-state index in [4.69, 9.17) is 0 Å². The van der Waals surface area contributed by atoms with Crippen LogP contribution in [0, 0.1) is 18.8 Å². The fourth-order valence-electron chi connectivity index (χ4n) is 1.49. The zero-order chi connectivity index (χ0) is 11.3. The summed E-state index contributed by atoms with van der Waals surface area (Å²) >= 11 is 1.78. The Morgan fingerprint density at radius 3 is 2.60 bits per heavy atom. The Bertz CT molecular complexity index is 281. The third-order valence-electron chi connectivity index (χ3n) is 2.24. The molecule has 1 rings (SSSR count). The summed E-state index contributed by atoms with van der Waals surface area (Å²) in [6, 6.07) is 0. The van der Waals surface area contributed by atoms with Gasteiger partial charge in [0.05, 0.1) is 5.01 Å². The molecule has 15 heavy (non-hydrogen) atoms. The molecule has 0 amide bonds. The van der Waals surface area contributed by atoms with Crippen molar-refractivity contribution in [1.82, 2.24) is 10.3 Å². The second kappa shape index (κ2) is 6.23.